The minimum Gasteiger partial charge on any atom is -0.326 e. The second kappa shape index (κ2) is 7.34. The molecule has 0 aliphatic heterocycles. The predicted molar refractivity (Wildman–Crippen MR) is 95.7 cm³/mol. The van der Waals surface area contributed by atoms with Crippen LogP contribution in [0.1, 0.15) is 31.0 Å². The van der Waals surface area contributed by atoms with E-state index in [0.29, 0.717) is 16.3 Å². The van der Waals surface area contributed by atoms with Gasteiger partial charge in [-0.05, 0) is 49.2 Å². The monoisotopic (exact) mass is 366 g/mol. The maximum atomic E-state index is 12.7. The summed E-state index contributed by atoms with van der Waals surface area (Å²) in [6, 6.07) is 11.3. The molecule has 2 aromatic rings. The van der Waals surface area contributed by atoms with Crippen LogP contribution in [0.4, 0.5) is 5.69 Å². The number of nitrogens with one attached hydrogen (secondary N) is 2. The molecule has 1 atom stereocenters. The average molecular weight is 367 g/mol. The van der Waals surface area contributed by atoms with Crippen molar-refractivity contribution in [3.63, 3.8) is 0 Å². The number of amides is 1. The van der Waals surface area contributed by atoms with Gasteiger partial charge in [0.2, 0.25) is 15.9 Å². The van der Waals surface area contributed by atoms with Gasteiger partial charge in [0.15, 0.2) is 0 Å². The number of hydrogen-bond acceptors (Lipinski definition) is 3. The Balaban J connectivity index is 2.29. The lowest BCUT2D eigenvalue weighted by atomic mass is 10.1. The van der Waals surface area contributed by atoms with Gasteiger partial charge in [-0.2, -0.15) is 0 Å². The topological polar surface area (TPSA) is 75.3 Å². The summed E-state index contributed by atoms with van der Waals surface area (Å²) >= 11 is 5.85. The minimum absolute atomic E-state index is 0.134. The number of carbonyl (C=O) groups excluding carboxylic acids is 1. The molecule has 2 rings (SSSR count). The molecule has 1 amide bonds. The van der Waals surface area contributed by atoms with Crippen molar-refractivity contribution in [2.75, 3.05) is 5.32 Å². The first-order valence-electron chi connectivity index (χ1n) is 7.35. The largest absolute Gasteiger partial charge is 0.326 e. The van der Waals surface area contributed by atoms with Crippen LogP contribution in [0.5, 0.6) is 0 Å². The molecule has 0 aliphatic rings. The van der Waals surface area contributed by atoms with E-state index in [1.54, 1.807) is 50.2 Å². The zero-order valence-electron chi connectivity index (χ0n) is 13.6. The van der Waals surface area contributed by atoms with E-state index in [2.05, 4.69) is 10.0 Å². The van der Waals surface area contributed by atoms with Gasteiger partial charge in [0.25, 0.3) is 0 Å². The standard InChI is InChI=1S/C17H19ClN2O3S/c1-11-4-9-16(19-13(3)21)10-17(11)24(22,23)20-12(2)14-5-7-15(18)8-6-14/h4-10,12,20H,1-3H3,(H,19,21). The quantitative estimate of drug-likeness (QED) is 0.848. The molecule has 0 saturated heterocycles. The fourth-order valence-corrected chi connectivity index (χ4v) is 3.91. The maximum absolute atomic E-state index is 12.7. The van der Waals surface area contributed by atoms with Gasteiger partial charge in [0.1, 0.15) is 0 Å². The Morgan fingerprint density at radius 3 is 2.33 bits per heavy atom. The SMILES string of the molecule is CC(=O)Nc1ccc(C)c(S(=O)(=O)NC(C)c2ccc(Cl)cc2)c1. The highest BCUT2D eigenvalue weighted by atomic mass is 35.5. The fraction of sp³-hybridized carbons (Fsp3) is 0.235. The van der Waals surface area contributed by atoms with E-state index in [-0.39, 0.29) is 10.8 Å². The highest BCUT2D eigenvalue weighted by Crippen LogP contribution is 2.23. The second-order valence-corrected chi connectivity index (χ2v) is 7.67. The van der Waals surface area contributed by atoms with Crippen molar-refractivity contribution in [3.8, 4) is 0 Å². The van der Waals surface area contributed by atoms with Crippen LogP contribution >= 0.6 is 11.6 Å². The van der Waals surface area contributed by atoms with E-state index < -0.39 is 16.1 Å². The van der Waals surface area contributed by atoms with Crippen LogP contribution in [0.2, 0.25) is 5.02 Å². The normalized spacial score (nSPS) is 12.7. The number of hydrogen-bond donors (Lipinski definition) is 2. The van der Waals surface area contributed by atoms with Gasteiger partial charge in [0.05, 0.1) is 4.90 Å². The van der Waals surface area contributed by atoms with Crippen LogP contribution in [0, 0.1) is 6.92 Å². The number of rotatable bonds is 5. The predicted octanol–water partition coefficient (Wildman–Crippen LogP) is 3.65. The molecule has 0 fully saturated rings. The van der Waals surface area contributed by atoms with Crippen LogP contribution in [0.3, 0.4) is 0 Å². The molecule has 0 radical (unpaired) electrons. The minimum atomic E-state index is -3.74. The van der Waals surface area contributed by atoms with E-state index in [1.165, 1.54) is 13.0 Å². The van der Waals surface area contributed by atoms with Gasteiger partial charge in [-0.15, -0.1) is 0 Å². The van der Waals surface area contributed by atoms with E-state index in [1.807, 2.05) is 0 Å². The number of carbonyl (C=O) groups is 1. The highest BCUT2D eigenvalue weighted by molar-refractivity contribution is 7.89. The Bertz CT molecular complexity index is 849. The molecule has 0 spiro atoms. The summed E-state index contributed by atoms with van der Waals surface area (Å²) in [5.74, 6) is -0.260. The summed E-state index contributed by atoms with van der Waals surface area (Å²) in [5.41, 5.74) is 1.84. The highest BCUT2D eigenvalue weighted by Gasteiger charge is 2.21. The number of aryl methyl sites for hydroxylation is 1. The van der Waals surface area contributed by atoms with Crippen molar-refractivity contribution in [3.05, 3.63) is 58.6 Å². The molecule has 128 valence electrons. The van der Waals surface area contributed by atoms with Gasteiger partial charge in [0, 0.05) is 23.7 Å². The van der Waals surface area contributed by atoms with Crippen molar-refractivity contribution >= 4 is 33.2 Å². The van der Waals surface area contributed by atoms with Gasteiger partial charge in [-0.25, -0.2) is 13.1 Å². The zero-order valence-corrected chi connectivity index (χ0v) is 15.2. The fourth-order valence-electron chi connectivity index (χ4n) is 2.29. The van der Waals surface area contributed by atoms with Gasteiger partial charge >= 0.3 is 0 Å². The molecular formula is C17H19ClN2O3S. The Morgan fingerprint density at radius 2 is 1.75 bits per heavy atom. The number of halogens is 1. The molecule has 0 saturated carbocycles. The van der Waals surface area contributed by atoms with Crippen LogP contribution in [-0.4, -0.2) is 14.3 Å². The Hall–Kier alpha value is -1.89. The first-order chi connectivity index (χ1) is 11.2. The third-order valence-electron chi connectivity index (χ3n) is 3.50. The van der Waals surface area contributed by atoms with Crippen LogP contribution in [0.15, 0.2) is 47.4 Å². The Labute approximate surface area is 147 Å². The smallest absolute Gasteiger partial charge is 0.241 e. The summed E-state index contributed by atoms with van der Waals surface area (Å²) < 4.78 is 28.0. The van der Waals surface area contributed by atoms with Crippen molar-refractivity contribution in [1.82, 2.24) is 4.72 Å². The molecule has 7 heteroatoms. The first kappa shape index (κ1) is 18.4. The van der Waals surface area contributed by atoms with E-state index in [9.17, 15) is 13.2 Å². The summed E-state index contributed by atoms with van der Waals surface area (Å²) in [6.07, 6.45) is 0. The first-order valence-corrected chi connectivity index (χ1v) is 9.21. The van der Waals surface area contributed by atoms with Crippen molar-refractivity contribution in [1.29, 1.82) is 0 Å². The number of anilines is 1. The van der Waals surface area contributed by atoms with Crippen LogP contribution in [-0.2, 0) is 14.8 Å². The van der Waals surface area contributed by atoms with Crippen molar-refractivity contribution < 1.29 is 13.2 Å². The third-order valence-corrected chi connectivity index (χ3v) is 5.43. The van der Waals surface area contributed by atoms with Gasteiger partial charge in [-0.1, -0.05) is 29.8 Å². The summed E-state index contributed by atoms with van der Waals surface area (Å²) in [7, 11) is -3.74. The molecule has 0 bridgehead atoms. The Morgan fingerprint density at radius 1 is 1.12 bits per heavy atom. The molecule has 24 heavy (non-hydrogen) atoms. The molecule has 0 aromatic heterocycles. The molecule has 2 aromatic carbocycles. The number of benzene rings is 2. The lowest BCUT2D eigenvalue weighted by Crippen LogP contribution is -2.27. The number of sulfonamides is 1. The molecule has 2 N–H and O–H groups in total. The lowest BCUT2D eigenvalue weighted by Gasteiger charge is -2.16. The zero-order chi connectivity index (χ0) is 17.9. The van der Waals surface area contributed by atoms with E-state index in [0.717, 1.165) is 5.56 Å². The molecule has 0 aliphatic carbocycles. The van der Waals surface area contributed by atoms with Crippen molar-refractivity contribution in [2.24, 2.45) is 0 Å². The summed E-state index contributed by atoms with van der Waals surface area (Å²) in [4.78, 5) is 11.3. The van der Waals surface area contributed by atoms with Gasteiger partial charge < -0.3 is 5.32 Å². The Kier molecular flexibility index (Phi) is 5.64. The second-order valence-electron chi connectivity index (χ2n) is 5.56. The average Bonchev–Trinajstić information content (AvgIpc) is 2.48. The maximum Gasteiger partial charge on any atom is 0.241 e. The molecule has 5 nitrogen and oxygen atoms in total. The third kappa shape index (κ3) is 4.56. The summed E-state index contributed by atoms with van der Waals surface area (Å²) in [6.45, 7) is 4.84. The lowest BCUT2D eigenvalue weighted by molar-refractivity contribution is -0.114. The summed E-state index contributed by atoms with van der Waals surface area (Å²) in [5, 5.41) is 3.18. The van der Waals surface area contributed by atoms with Gasteiger partial charge in [-0.3, -0.25) is 4.79 Å². The van der Waals surface area contributed by atoms with E-state index in [4.69, 9.17) is 11.6 Å². The van der Waals surface area contributed by atoms with Crippen LogP contribution in [0.25, 0.3) is 0 Å². The molecular weight excluding hydrogens is 348 g/mol. The van der Waals surface area contributed by atoms with Crippen molar-refractivity contribution in [2.45, 2.75) is 31.7 Å². The molecule has 0 heterocycles. The molecule has 1 unspecified atom stereocenters. The van der Waals surface area contributed by atoms with E-state index >= 15 is 0 Å². The van der Waals surface area contributed by atoms with Crippen LogP contribution < -0.4 is 10.0 Å².